The van der Waals surface area contributed by atoms with Crippen molar-refractivity contribution in [2.75, 3.05) is 6.54 Å². The molecule has 2 rings (SSSR count). The molecule has 0 bridgehead atoms. The Morgan fingerprint density at radius 3 is 2.65 bits per heavy atom. The lowest BCUT2D eigenvalue weighted by molar-refractivity contribution is 0.349. The maximum atomic E-state index is 13.8. The van der Waals surface area contributed by atoms with Gasteiger partial charge in [-0.2, -0.15) is 0 Å². The van der Waals surface area contributed by atoms with Crippen molar-refractivity contribution < 1.29 is 8.78 Å². The molecule has 1 saturated carbocycles. The number of nitrogens with one attached hydrogen (secondary N) is 1. The van der Waals surface area contributed by atoms with E-state index in [1.54, 1.807) is 12.1 Å². The highest BCUT2D eigenvalue weighted by Crippen LogP contribution is 2.54. The van der Waals surface area contributed by atoms with E-state index in [0.29, 0.717) is 5.56 Å². The zero-order chi connectivity index (χ0) is 12.5. The van der Waals surface area contributed by atoms with Gasteiger partial charge in [-0.05, 0) is 37.3 Å². The van der Waals surface area contributed by atoms with Gasteiger partial charge in [-0.3, -0.25) is 0 Å². The predicted molar refractivity (Wildman–Crippen MR) is 64.7 cm³/mol. The Labute approximate surface area is 101 Å². The highest BCUT2D eigenvalue weighted by Gasteiger charge is 2.46. The van der Waals surface area contributed by atoms with Crippen LogP contribution in [0.4, 0.5) is 8.78 Å². The number of benzene rings is 1. The van der Waals surface area contributed by atoms with Crippen molar-refractivity contribution in [2.45, 2.75) is 39.2 Å². The summed E-state index contributed by atoms with van der Waals surface area (Å²) in [4.78, 5) is 0. The zero-order valence-corrected chi connectivity index (χ0v) is 10.4. The quantitative estimate of drug-likeness (QED) is 0.824. The van der Waals surface area contributed by atoms with E-state index in [1.165, 1.54) is 6.07 Å². The molecule has 0 heterocycles. The minimum absolute atomic E-state index is 0.0712. The van der Waals surface area contributed by atoms with Gasteiger partial charge in [0.25, 0.3) is 0 Å². The highest BCUT2D eigenvalue weighted by atomic mass is 19.2. The lowest BCUT2D eigenvalue weighted by Gasteiger charge is -2.26. The van der Waals surface area contributed by atoms with E-state index in [9.17, 15) is 8.78 Å². The van der Waals surface area contributed by atoms with Crippen molar-refractivity contribution in [1.82, 2.24) is 5.32 Å². The minimum atomic E-state index is -0.755. The van der Waals surface area contributed by atoms with Gasteiger partial charge in [0.15, 0.2) is 11.6 Å². The van der Waals surface area contributed by atoms with Crippen LogP contribution in [-0.2, 0) is 0 Å². The average Bonchev–Trinajstić information content (AvgIpc) is 3.04. The molecule has 0 saturated heterocycles. The molecule has 1 N–H and O–H groups in total. The van der Waals surface area contributed by atoms with Crippen LogP contribution < -0.4 is 5.32 Å². The van der Waals surface area contributed by atoms with E-state index < -0.39 is 11.6 Å². The fourth-order valence-electron chi connectivity index (χ4n) is 2.25. The largest absolute Gasteiger partial charge is 0.309 e. The SMILES string of the molecule is CCCNC(c1cccc(F)c1F)C1(C)CC1. The third-order valence-electron chi connectivity index (χ3n) is 3.63. The molecule has 3 heteroatoms. The van der Waals surface area contributed by atoms with Crippen LogP contribution in [0.25, 0.3) is 0 Å². The van der Waals surface area contributed by atoms with Gasteiger partial charge in [-0.15, -0.1) is 0 Å². The Kier molecular flexibility index (Phi) is 3.48. The minimum Gasteiger partial charge on any atom is -0.309 e. The number of hydrogen-bond donors (Lipinski definition) is 1. The summed E-state index contributed by atoms with van der Waals surface area (Å²) in [6.45, 7) is 5.03. The number of hydrogen-bond acceptors (Lipinski definition) is 1. The van der Waals surface area contributed by atoms with Crippen LogP contribution >= 0.6 is 0 Å². The third-order valence-corrected chi connectivity index (χ3v) is 3.63. The summed E-state index contributed by atoms with van der Waals surface area (Å²) in [5.41, 5.74) is 0.558. The van der Waals surface area contributed by atoms with Crippen LogP contribution in [0, 0.1) is 17.0 Å². The third kappa shape index (κ3) is 2.49. The van der Waals surface area contributed by atoms with Gasteiger partial charge in [0.05, 0.1) is 0 Å². The first kappa shape index (κ1) is 12.5. The van der Waals surface area contributed by atoms with Crippen LogP contribution in [0.5, 0.6) is 0 Å². The van der Waals surface area contributed by atoms with Crippen LogP contribution in [0.2, 0.25) is 0 Å². The van der Waals surface area contributed by atoms with E-state index in [4.69, 9.17) is 0 Å². The molecule has 1 aromatic rings. The number of rotatable bonds is 5. The van der Waals surface area contributed by atoms with Gasteiger partial charge in [-0.25, -0.2) is 8.78 Å². The maximum absolute atomic E-state index is 13.8. The summed E-state index contributed by atoms with van der Waals surface area (Å²) in [5.74, 6) is -1.45. The van der Waals surface area contributed by atoms with Gasteiger partial charge >= 0.3 is 0 Å². The molecule has 1 unspecified atom stereocenters. The first-order valence-corrected chi connectivity index (χ1v) is 6.26. The maximum Gasteiger partial charge on any atom is 0.163 e. The number of halogens is 2. The summed E-state index contributed by atoms with van der Waals surface area (Å²) in [6, 6.07) is 4.37. The van der Waals surface area contributed by atoms with E-state index in [1.807, 2.05) is 0 Å². The fraction of sp³-hybridized carbons (Fsp3) is 0.571. The summed E-state index contributed by atoms with van der Waals surface area (Å²) < 4.78 is 27.1. The second kappa shape index (κ2) is 4.73. The van der Waals surface area contributed by atoms with E-state index in [2.05, 4.69) is 19.2 Å². The standard InChI is InChI=1S/C14H19F2N/c1-3-9-17-13(14(2)7-8-14)10-5-4-6-11(15)12(10)16/h4-6,13,17H,3,7-9H2,1-2H3. The second-order valence-electron chi connectivity index (χ2n) is 5.18. The lowest BCUT2D eigenvalue weighted by Crippen LogP contribution is -2.29. The Balaban J connectivity index is 2.28. The normalized spacial score (nSPS) is 19.1. The van der Waals surface area contributed by atoms with Crippen molar-refractivity contribution in [1.29, 1.82) is 0 Å². The van der Waals surface area contributed by atoms with Crippen LogP contribution in [0.15, 0.2) is 18.2 Å². The first-order valence-electron chi connectivity index (χ1n) is 6.26. The van der Waals surface area contributed by atoms with Gasteiger partial charge in [0.2, 0.25) is 0 Å². The second-order valence-corrected chi connectivity index (χ2v) is 5.18. The van der Waals surface area contributed by atoms with Crippen molar-refractivity contribution in [3.8, 4) is 0 Å². The van der Waals surface area contributed by atoms with Gasteiger partial charge < -0.3 is 5.32 Å². The topological polar surface area (TPSA) is 12.0 Å². The van der Waals surface area contributed by atoms with E-state index >= 15 is 0 Å². The Morgan fingerprint density at radius 1 is 1.35 bits per heavy atom. The van der Waals surface area contributed by atoms with Gasteiger partial charge in [0, 0.05) is 11.6 Å². The smallest absolute Gasteiger partial charge is 0.163 e. The Morgan fingerprint density at radius 2 is 2.06 bits per heavy atom. The van der Waals surface area contributed by atoms with Gasteiger partial charge in [0.1, 0.15) is 0 Å². The van der Waals surface area contributed by atoms with Crippen LogP contribution in [0.1, 0.15) is 44.7 Å². The fourth-order valence-corrected chi connectivity index (χ4v) is 2.25. The Bertz CT molecular complexity index is 399. The van der Waals surface area contributed by atoms with E-state index in [0.717, 1.165) is 25.8 Å². The molecule has 17 heavy (non-hydrogen) atoms. The highest BCUT2D eigenvalue weighted by molar-refractivity contribution is 5.26. The average molecular weight is 239 g/mol. The molecule has 0 radical (unpaired) electrons. The summed E-state index contributed by atoms with van der Waals surface area (Å²) in [7, 11) is 0. The van der Waals surface area contributed by atoms with Crippen LogP contribution in [0.3, 0.4) is 0 Å². The molecule has 0 aliphatic heterocycles. The molecule has 1 aliphatic carbocycles. The molecule has 1 atom stereocenters. The molecule has 1 fully saturated rings. The molecular formula is C14H19F2N. The molecule has 0 spiro atoms. The molecule has 1 aliphatic rings. The first-order chi connectivity index (χ1) is 8.08. The van der Waals surface area contributed by atoms with Crippen molar-refractivity contribution in [3.05, 3.63) is 35.4 Å². The molecule has 94 valence electrons. The monoisotopic (exact) mass is 239 g/mol. The predicted octanol–water partition coefficient (Wildman–Crippen LogP) is 3.81. The van der Waals surface area contributed by atoms with Crippen LogP contribution in [-0.4, -0.2) is 6.54 Å². The van der Waals surface area contributed by atoms with Crippen molar-refractivity contribution in [2.24, 2.45) is 5.41 Å². The van der Waals surface area contributed by atoms with Gasteiger partial charge in [-0.1, -0.05) is 26.0 Å². The lowest BCUT2D eigenvalue weighted by atomic mass is 9.91. The molecule has 1 nitrogen and oxygen atoms in total. The summed E-state index contributed by atoms with van der Waals surface area (Å²) in [6.07, 6.45) is 3.14. The molecule has 0 aromatic heterocycles. The summed E-state index contributed by atoms with van der Waals surface area (Å²) in [5, 5.41) is 3.35. The zero-order valence-electron chi connectivity index (χ0n) is 10.4. The van der Waals surface area contributed by atoms with Crippen molar-refractivity contribution in [3.63, 3.8) is 0 Å². The summed E-state index contributed by atoms with van der Waals surface area (Å²) >= 11 is 0. The molecule has 1 aromatic carbocycles. The van der Waals surface area contributed by atoms with E-state index in [-0.39, 0.29) is 11.5 Å². The van der Waals surface area contributed by atoms with Crippen molar-refractivity contribution >= 4 is 0 Å². The molecular weight excluding hydrogens is 220 g/mol. The Hall–Kier alpha value is -0.960. The molecule has 0 amide bonds.